The second kappa shape index (κ2) is 12.6. The molecule has 0 aromatic rings. The van der Waals surface area contributed by atoms with Gasteiger partial charge in [0.05, 0.1) is 5.41 Å². The van der Waals surface area contributed by atoms with E-state index in [0.29, 0.717) is 30.6 Å². The molecule has 0 aliphatic carbocycles. The first kappa shape index (κ1) is 28.0. The molecule has 0 amide bonds. The van der Waals surface area contributed by atoms with Crippen molar-refractivity contribution in [2.45, 2.75) is 67.2 Å². The summed E-state index contributed by atoms with van der Waals surface area (Å²) in [6.45, 7) is 14.9. The summed E-state index contributed by atoms with van der Waals surface area (Å²) in [6, 6.07) is 0. The molecule has 5 heteroatoms. The number of carbonyl (C=O) groups excluding carboxylic acids is 2. The molecule has 0 bridgehead atoms. The second-order valence-electron chi connectivity index (χ2n) is 8.64. The average molecular weight is 524 g/mol. The van der Waals surface area contributed by atoms with Crippen molar-refractivity contribution in [1.29, 1.82) is 0 Å². The van der Waals surface area contributed by atoms with Crippen molar-refractivity contribution in [3.8, 4) is 24.7 Å². The van der Waals surface area contributed by atoms with E-state index in [1.165, 1.54) is 0 Å². The lowest BCUT2D eigenvalue weighted by Crippen LogP contribution is -2.27. The highest BCUT2D eigenvalue weighted by Gasteiger charge is 2.30. The molecule has 0 rings (SSSR count). The Morgan fingerprint density at radius 2 is 1.57 bits per heavy atom. The lowest BCUT2D eigenvalue weighted by atomic mass is 9.82. The number of carbonyl (C=O) groups is 2. The summed E-state index contributed by atoms with van der Waals surface area (Å²) < 4.78 is 11.1. The Morgan fingerprint density at radius 1 is 1.03 bits per heavy atom. The zero-order valence-electron chi connectivity index (χ0n) is 19.0. The number of ether oxygens (including phenoxy) is 1. The van der Waals surface area contributed by atoms with Crippen molar-refractivity contribution in [3.05, 3.63) is 35.1 Å². The van der Waals surface area contributed by atoms with Crippen LogP contribution in [-0.4, -0.2) is 18.4 Å². The van der Waals surface area contributed by atoms with E-state index in [-0.39, 0.29) is 18.8 Å². The SMILES string of the molecule is C#CCC(C)(C)C(=O)CC/C(C=C)=C(\COC(=O)C(C)(C)CC#C)C(OI)=C(C)C. The summed E-state index contributed by atoms with van der Waals surface area (Å²) in [6.07, 6.45) is 13.8. The van der Waals surface area contributed by atoms with Crippen LogP contribution in [0, 0.1) is 35.5 Å². The van der Waals surface area contributed by atoms with E-state index in [2.05, 4.69) is 18.4 Å². The zero-order valence-corrected chi connectivity index (χ0v) is 21.1. The Bertz CT molecular complexity index is 794. The molecule has 0 heterocycles. The third-order valence-corrected chi connectivity index (χ3v) is 5.24. The van der Waals surface area contributed by atoms with Gasteiger partial charge in [0.1, 0.15) is 18.1 Å². The van der Waals surface area contributed by atoms with Gasteiger partial charge in [0.2, 0.25) is 0 Å². The molecule has 0 saturated carbocycles. The maximum Gasteiger partial charge on any atom is 0.312 e. The van der Waals surface area contributed by atoms with Crippen LogP contribution >= 0.6 is 23.0 Å². The third-order valence-electron chi connectivity index (χ3n) is 4.80. The van der Waals surface area contributed by atoms with Crippen LogP contribution < -0.4 is 0 Å². The predicted octanol–water partition coefficient (Wildman–Crippen LogP) is 6.12. The molecule has 0 aromatic carbocycles. The summed E-state index contributed by atoms with van der Waals surface area (Å²) in [7, 11) is 0. The minimum Gasteiger partial charge on any atom is -0.460 e. The number of hydrogen-bond acceptors (Lipinski definition) is 4. The largest absolute Gasteiger partial charge is 0.460 e. The van der Waals surface area contributed by atoms with Crippen molar-refractivity contribution in [1.82, 2.24) is 0 Å². The minimum absolute atomic E-state index is 0.000355. The van der Waals surface area contributed by atoms with Crippen molar-refractivity contribution < 1.29 is 17.4 Å². The molecular formula is C25H33IO4. The van der Waals surface area contributed by atoms with Gasteiger partial charge < -0.3 is 7.80 Å². The first-order valence-electron chi connectivity index (χ1n) is 9.76. The third kappa shape index (κ3) is 8.40. The van der Waals surface area contributed by atoms with Gasteiger partial charge in [0, 0.05) is 30.3 Å². The summed E-state index contributed by atoms with van der Waals surface area (Å²) in [5.74, 6) is 5.34. The maximum atomic E-state index is 12.6. The van der Waals surface area contributed by atoms with Crippen LogP contribution in [0.3, 0.4) is 0 Å². The van der Waals surface area contributed by atoms with Gasteiger partial charge in [-0.2, -0.15) is 0 Å². The highest BCUT2D eigenvalue weighted by Crippen LogP contribution is 2.30. The Morgan fingerprint density at radius 3 is 2.00 bits per heavy atom. The molecule has 0 aliphatic heterocycles. The van der Waals surface area contributed by atoms with Gasteiger partial charge in [-0.3, -0.25) is 9.59 Å². The predicted molar refractivity (Wildman–Crippen MR) is 130 cm³/mol. The molecule has 0 spiro atoms. The molecular weight excluding hydrogens is 491 g/mol. The minimum atomic E-state index is -0.792. The normalized spacial score (nSPS) is 12.0. The van der Waals surface area contributed by atoms with Crippen molar-refractivity contribution in [2.24, 2.45) is 10.8 Å². The van der Waals surface area contributed by atoms with E-state index in [1.54, 1.807) is 42.9 Å². The number of hydrogen-bond donors (Lipinski definition) is 0. The Balaban J connectivity index is 5.84. The monoisotopic (exact) mass is 524 g/mol. The van der Waals surface area contributed by atoms with Gasteiger partial charge in [0.15, 0.2) is 23.0 Å². The molecule has 0 atom stereocenters. The number of esters is 1. The Labute approximate surface area is 196 Å². The van der Waals surface area contributed by atoms with Crippen LogP contribution in [0.2, 0.25) is 0 Å². The fourth-order valence-electron chi connectivity index (χ4n) is 2.71. The van der Waals surface area contributed by atoms with Crippen LogP contribution in [0.5, 0.6) is 0 Å². The van der Waals surface area contributed by atoms with Crippen LogP contribution in [0.4, 0.5) is 0 Å². The zero-order chi connectivity index (χ0) is 23.5. The van der Waals surface area contributed by atoms with Gasteiger partial charge in [-0.25, -0.2) is 0 Å². The summed E-state index contributed by atoms with van der Waals surface area (Å²) in [4.78, 5) is 25.2. The molecule has 0 aliphatic rings. The molecule has 0 radical (unpaired) electrons. The van der Waals surface area contributed by atoms with Crippen LogP contribution in [0.15, 0.2) is 35.1 Å². The fraction of sp³-hybridized carbons (Fsp3) is 0.520. The average Bonchev–Trinajstić information content (AvgIpc) is 2.65. The van der Waals surface area contributed by atoms with Gasteiger partial charge in [-0.05, 0) is 45.3 Å². The van der Waals surface area contributed by atoms with Crippen LogP contribution in [0.1, 0.15) is 67.2 Å². The Hall–Kier alpha value is -1.99. The van der Waals surface area contributed by atoms with Crippen LogP contribution in [-0.2, 0) is 17.4 Å². The topological polar surface area (TPSA) is 52.6 Å². The number of rotatable bonds is 12. The van der Waals surface area contributed by atoms with Crippen molar-refractivity contribution in [3.63, 3.8) is 0 Å². The van der Waals surface area contributed by atoms with E-state index in [0.717, 1.165) is 11.1 Å². The summed E-state index contributed by atoms with van der Waals surface area (Å²) in [5.41, 5.74) is 1.00. The van der Waals surface area contributed by atoms with E-state index in [9.17, 15) is 9.59 Å². The number of ketones is 1. The maximum absolute atomic E-state index is 12.6. The van der Waals surface area contributed by atoms with Gasteiger partial charge in [-0.1, -0.05) is 26.5 Å². The van der Waals surface area contributed by atoms with Crippen molar-refractivity contribution in [2.75, 3.05) is 6.61 Å². The molecule has 0 aromatic heterocycles. The van der Waals surface area contributed by atoms with Gasteiger partial charge >= 0.3 is 5.97 Å². The van der Waals surface area contributed by atoms with E-state index < -0.39 is 16.8 Å². The summed E-state index contributed by atoms with van der Waals surface area (Å²) >= 11 is 1.80. The van der Waals surface area contributed by atoms with Gasteiger partial charge in [-0.15, -0.1) is 24.7 Å². The van der Waals surface area contributed by atoms with E-state index >= 15 is 0 Å². The first-order chi connectivity index (χ1) is 13.9. The van der Waals surface area contributed by atoms with Crippen molar-refractivity contribution >= 4 is 34.8 Å². The lowest BCUT2D eigenvalue weighted by molar-refractivity contribution is -0.152. The highest BCUT2D eigenvalue weighted by molar-refractivity contribution is 14.1. The number of halogens is 1. The van der Waals surface area contributed by atoms with Gasteiger partial charge in [0.25, 0.3) is 0 Å². The molecule has 30 heavy (non-hydrogen) atoms. The summed E-state index contributed by atoms with van der Waals surface area (Å²) in [5, 5.41) is 0. The first-order valence-corrected chi connectivity index (χ1v) is 10.6. The molecule has 0 saturated heterocycles. The second-order valence-corrected chi connectivity index (χ2v) is 9.08. The fourth-order valence-corrected chi connectivity index (χ4v) is 3.41. The number of Topliss-reactive ketones (excluding diaryl/α,β-unsaturated/α-hetero) is 1. The quantitative estimate of drug-likeness (QED) is 0.102. The molecule has 164 valence electrons. The molecule has 0 unspecified atom stereocenters. The smallest absolute Gasteiger partial charge is 0.312 e. The van der Waals surface area contributed by atoms with E-state index in [1.807, 2.05) is 27.7 Å². The molecule has 0 fully saturated rings. The van der Waals surface area contributed by atoms with E-state index in [4.69, 9.17) is 20.6 Å². The number of terminal acetylenes is 2. The van der Waals surface area contributed by atoms with Crippen LogP contribution in [0.25, 0.3) is 0 Å². The lowest BCUT2D eigenvalue weighted by Gasteiger charge is -2.23. The molecule has 4 nitrogen and oxygen atoms in total. The molecule has 0 N–H and O–H groups in total. The number of allylic oxidation sites excluding steroid dienone is 3. The Kier molecular flexibility index (Phi) is 11.8. The highest BCUT2D eigenvalue weighted by atomic mass is 127. The standard InChI is InChI=1S/C25H33IO4/c1-10-15-24(6,7)21(27)14-13-19(12-3)20(22(30-26)18(4)5)17-29-23(28)25(8,9)16-11-2/h1-2,12H,3,13-17H2,4-9H3/b20-19+.